The Bertz CT molecular complexity index is 1160. The molecule has 0 bridgehead atoms. The largest absolute Gasteiger partial charge is 0.493 e. The lowest BCUT2D eigenvalue weighted by Gasteiger charge is -2.36. The Balaban J connectivity index is 1.13. The molecule has 3 aliphatic rings. The van der Waals surface area contributed by atoms with Crippen molar-refractivity contribution in [2.24, 2.45) is 0 Å². The van der Waals surface area contributed by atoms with Crippen LogP contribution in [0, 0.1) is 3.57 Å². The Kier molecular flexibility index (Phi) is 7.52. The number of halogens is 1. The molecule has 0 aromatic heterocycles. The highest BCUT2D eigenvalue weighted by atomic mass is 127. The lowest BCUT2D eigenvalue weighted by molar-refractivity contribution is -0.149. The second-order valence-electron chi connectivity index (χ2n) is 9.47. The van der Waals surface area contributed by atoms with Crippen molar-refractivity contribution >= 4 is 34.5 Å². The molecule has 0 amide bonds. The van der Waals surface area contributed by atoms with E-state index in [0.717, 1.165) is 40.1 Å². The van der Waals surface area contributed by atoms with E-state index in [0.29, 0.717) is 12.8 Å². The Morgan fingerprint density at radius 1 is 1.14 bits per heavy atom. The lowest BCUT2D eigenvalue weighted by Crippen LogP contribution is -2.43. The van der Waals surface area contributed by atoms with Crippen LogP contribution in [0.1, 0.15) is 48.8 Å². The summed E-state index contributed by atoms with van der Waals surface area (Å²) in [6.45, 7) is 1.91. The summed E-state index contributed by atoms with van der Waals surface area (Å²) in [5, 5.41) is 3.50. The normalized spacial score (nSPS) is 23.6. The van der Waals surface area contributed by atoms with Gasteiger partial charge in [0, 0.05) is 34.9 Å². The van der Waals surface area contributed by atoms with Gasteiger partial charge in [-0.15, -0.1) is 0 Å². The second-order valence-corrected chi connectivity index (χ2v) is 10.7. The molecular weight excluding hydrogens is 573 g/mol. The lowest BCUT2D eigenvalue weighted by atomic mass is 9.69. The van der Waals surface area contributed by atoms with Crippen molar-refractivity contribution in [3.05, 3.63) is 68.8 Å². The van der Waals surface area contributed by atoms with Gasteiger partial charge in [0.15, 0.2) is 11.5 Å². The average Bonchev–Trinajstić information content (AvgIpc) is 3.09. The Morgan fingerprint density at radius 3 is 2.75 bits per heavy atom. The van der Waals surface area contributed by atoms with E-state index in [1.165, 1.54) is 11.1 Å². The summed E-state index contributed by atoms with van der Waals surface area (Å²) in [5.74, 6) is 0.913. The zero-order valence-corrected chi connectivity index (χ0v) is 22.4. The number of esters is 2. The van der Waals surface area contributed by atoms with Crippen molar-refractivity contribution in [3.63, 3.8) is 0 Å². The highest BCUT2D eigenvalue weighted by molar-refractivity contribution is 14.1. The molecule has 1 spiro atoms. The van der Waals surface area contributed by atoms with Gasteiger partial charge in [0.1, 0.15) is 18.8 Å². The molecule has 2 aromatic carbocycles. The maximum absolute atomic E-state index is 12.5. The van der Waals surface area contributed by atoms with Crippen LogP contribution in [0.3, 0.4) is 0 Å². The SMILES string of the molecule is COc1ccc2c3c1O[C@H]1C[C@@H](OC(=O)CCCC(=O)OCc4ccc(I)cc4)C=C[C@@]31CCNC2. The first-order chi connectivity index (χ1) is 17.5. The average molecular weight is 603 g/mol. The molecule has 8 heteroatoms. The van der Waals surface area contributed by atoms with Crippen LogP contribution < -0.4 is 14.8 Å². The Hall–Kier alpha value is -2.59. The molecule has 0 fully saturated rings. The fourth-order valence-corrected chi connectivity index (χ4v) is 5.72. The van der Waals surface area contributed by atoms with Gasteiger partial charge in [-0.1, -0.05) is 24.3 Å². The standard InChI is InChI=1S/C28H30INO6/c1-33-22-10-7-19-16-30-14-13-28-12-11-21(15-23(28)36-27(22)26(19)28)35-25(32)4-2-3-24(31)34-17-18-5-8-20(29)9-6-18/h5-12,21,23,30H,2-4,13-17H2,1H3/t21-,23-,28-/m0/s1. The minimum atomic E-state index is -0.360. The van der Waals surface area contributed by atoms with Gasteiger partial charge in [-0.3, -0.25) is 9.59 Å². The van der Waals surface area contributed by atoms with E-state index < -0.39 is 0 Å². The fourth-order valence-electron chi connectivity index (χ4n) is 5.36. The van der Waals surface area contributed by atoms with Gasteiger partial charge >= 0.3 is 11.9 Å². The quantitative estimate of drug-likeness (QED) is 0.269. The van der Waals surface area contributed by atoms with E-state index >= 15 is 0 Å². The number of nitrogens with one attached hydrogen (secondary N) is 1. The molecule has 5 rings (SSSR count). The summed E-state index contributed by atoms with van der Waals surface area (Å²) < 4.78 is 24.2. The number of hydrogen-bond donors (Lipinski definition) is 1. The molecule has 36 heavy (non-hydrogen) atoms. The van der Waals surface area contributed by atoms with E-state index in [2.05, 4.69) is 40.1 Å². The van der Waals surface area contributed by atoms with Crippen molar-refractivity contribution in [2.75, 3.05) is 13.7 Å². The number of methoxy groups -OCH3 is 1. The van der Waals surface area contributed by atoms with Crippen LogP contribution in [0.4, 0.5) is 0 Å². The van der Waals surface area contributed by atoms with Crippen LogP contribution >= 0.6 is 22.6 Å². The first kappa shape index (κ1) is 25.1. The maximum Gasteiger partial charge on any atom is 0.306 e. The van der Waals surface area contributed by atoms with Crippen molar-refractivity contribution in [3.8, 4) is 11.5 Å². The highest BCUT2D eigenvalue weighted by Crippen LogP contribution is 2.55. The zero-order valence-electron chi connectivity index (χ0n) is 20.3. The minimum Gasteiger partial charge on any atom is -0.493 e. The molecule has 0 radical (unpaired) electrons. The molecule has 7 nitrogen and oxygen atoms in total. The van der Waals surface area contributed by atoms with Crippen LogP contribution in [0.25, 0.3) is 0 Å². The van der Waals surface area contributed by atoms with Crippen molar-refractivity contribution in [2.45, 2.75) is 62.9 Å². The van der Waals surface area contributed by atoms with Gasteiger partial charge < -0.3 is 24.3 Å². The summed E-state index contributed by atoms with van der Waals surface area (Å²) in [6.07, 6.45) is 5.91. The van der Waals surface area contributed by atoms with Gasteiger partial charge in [-0.25, -0.2) is 0 Å². The van der Waals surface area contributed by atoms with Crippen molar-refractivity contribution in [1.29, 1.82) is 0 Å². The molecule has 0 saturated heterocycles. The van der Waals surface area contributed by atoms with E-state index in [-0.39, 0.29) is 49.0 Å². The first-order valence-corrected chi connectivity index (χ1v) is 13.4. The highest BCUT2D eigenvalue weighted by Gasteiger charge is 2.52. The molecule has 1 N–H and O–H groups in total. The molecule has 0 saturated carbocycles. The number of ether oxygens (including phenoxy) is 4. The van der Waals surface area contributed by atoms with Crippen LogP contribution in [-0.4, -0.2) is 37.8 Å². The van der Waals surface area contributed by atoms with Gasteiger partial charge in [0.05, 0.1) is 12.5 Å². The van der Waals surface area contributed by atoms with Gasteiger partial charge in [-0.05, 0) is 77.4 Å². The maximum atomic E-state index is 12.5. The van der Waals surface area contributed by atoms with Crippen LogP contribution in [-0.2, 0) is 37.6 Å². The molecular formula is C28H30INO6. The number of carbonyl (C=O) groups excluding carboxylic acids is 2. The van der Waals surface area contributed by atoms with E-state index in [4.69, 9.17) is 18.9 Å². The monoisotopic (exact) mass is 603 g/mol. The van der Waals surface area contributed by atoms with E-state index in [9.17, 15) is 9.59 Å². The van der Waals surface area contributed by atoms with Crippen LogP contribution in [0.15, 0.2) is 48.6 Å². The molecule has 190 valence electrons. The smallest absolute Gasteiger partial charge is 0.306 e. The third-order valence-corrected chi connectivity index (χ3v) is 7.89. The molecule has 1 aliphatic carbocycles. The van der Waals surface area contributed by atoms with Gasteiger partial charge in [-0.2, -0.15) is 0 Å². The molecule has 2 heterocycles. The van der Waals surface area contributed by atoms with Crippen LogP contribution in [0.5, 0.6) is 11.5 Å². The summed E-state index contributed by atoms with van der Waals surface area (Å²) >= 11 is 2.23. The van der Waals surface area contributed by atoms with Crippen LogP contribution in [0.2, 0.25) is 0 Å². The number of rotatable bonds is 8. The second kappa shape index (κ2) is 10.8. The van der Waals surface area contributed by atoms with Gasteiger partial charge in [0.25, 0.3) is 0 Å². The molecule has 0 unspecified atom stereocenters. The predicted octanol–water partition coefficient (Wildman–Crippen LogP) is 4.58. The molecule has 2 aromatic rings. The summed E-state index contributed by atoms with van der Waals surface area (Å²) in [4.78, 5) is 24.6. The minimum absolute atomic E-state index is 0.124. The third-order valence-electron chi connectivity index (χ3n) is 7.17. The first-order valence-electron chi connectivity index (χ1n) is 12.3. The fraction of sp³-hybridized carbons (Fsp3) is 0.429. The third kappa shape index (κ3) is 5.11. The number of benzene rings is 2. The Labute approximate surface area is 224 Å². The van der Waals surface area contributed by atoms with E-state index in [1.54, 1.807) is 7.11 Å². The summed E-state index contributed by atoms with van der Waals surface area (Å²) in [6, 6.07) is 11.9. The van der Waals surface area contributed by atoms with E-state index in [1.807, 2.05) is 36.4 Å². The number of carbonyl (C=O) groups is 2. The zero-order chi connectivity index (χ0) is 25.1. The summed E-state index contributed by atoms with van der Waals surface area (Å²) in [7, 11) is 1.66. The van der Waals surface area contributed by atoms with Crippen molar-refractivity contribution in [1.82, 2.24) is 5.32 Å². The Morgan fingerprint density at radius 2 is 1.94 bits per heavy atom. The van der Waals surface area contributed by atoms with Gasteiger partial charge in [0.2, 0.25) is 0 Å². The number of hydrogen-bond acceptors (Lipinski definition) is 7. The van der Waals surface area contributed by atoms with Crippen molar-refractivity contribution < 1.29 is 28.5 Å². The molecule has 2 aliphatic heterocycles. The predicted molar refractivity (Wildman–Crippen MR) is 142 cm³/mol. The summed E-state index contributed by atoms with van der Waals surface area (Å²) in [5.41, 5.74) is 3.11. The molecule has 3 atom stereocenters. The topological polar surface area (TPSA) is 83.1 Å².